The van der Waals surface area contributed by atoms with Crippen molar-refractivity contribution in [2.24, 2.45) is 10.4 Å². The van der Waals surface area contributed by atoms with E-state index < -0.39 is 0 Å². The number of rotatable bonds is 1. The molecule has 1 aromatic carbocycles. The zero-order valence-corrected chi connectivity index (χ0v) is 12.0. The standard InChI is InChI=1S/C15H17N3S/c1-15(2)9-17-14(19-10-15)18-13-7-3-6-12-11(13)5-4-8-16-12/h3-8H,9-10H2,1-2H3,(H,17,18). The number of aliphatic imine (C=N–C) groups is 1. The summed E-state index contributed by atoms with van der Waals surface area (Å²) in [5.74, 6) is 1.10. The normalized spacial score (nSPS) is 18.1. The van der Waals surface area contributed by atoms with Gasteiger partial charge in [-0.15, -0.1) is 0 Å². The van der Waals surface area contributed by atoms with Gasteiger partial charge in [-0.05, 0) is 29.7 Å². The van der Waals surface area contributed by atoms with Crippen LogP contribution >= 0.6 is 11.8 Å². The van der Waals surface area contributed by atoms with Gasteiger partial charge in [0.25, 0.3) is 0 Å². The molecule has 1 aromatic heterocycles. The highest BCUT2D eigenvalue weighted by Gasteiger charge is 2.23. The van der Waals surface area contributed by atoms with E-state index in [1.165, 1.54) is 0 Å². The number of aromatic nitrogens is 1. The van der Waals surface area contributed by atoms with Crippen LogP contribution in [0.5, 0.6) is 0 Å². The summed E-state index contributed by atoms with van der Waals surface area (Å²) in [5.41, 5.74) is 2.39. The number of hydrogen-bond acceptors (Lipinski definition) is 4. The van der Waals surface area contributed by atoms with Crippen LogP contribution in [-0.2, 0) is 0 Å². The fourth-order valence-corrected chi connectivity index (χ4v) is 3.00. The van der Waals surface area contributed by atoms with Crippen LogP contribution in [0, 0.1) is 5.41 Å². The summed E-state index contributed by atoms with van der Waals surface area (Å²) in [5, 5.41) is 5.58. The quantitative estimate of drug-likeness (QED) is 0.857. The van der Waals surface area contributed by atoms with E-state index in [0.29, 0.717) is 5.41 Å². The van der Waals surface area contributed by atoms with Gasteiger partial charge in [0.15, 0.2) is 5.17 Å². The minimum Gasteiger partial charge on any atom is -0.334 e. The highest BCUT2D eigenvalue weighted by atomic mass is 32.2. The third-order valence-corrected chi connectivity index (χ3v) is 4.57. The Morgan fingerprint density at radius 2 is 2.11 bits per heavy atom. The third kappa shape index (κ3) is 2.73. The molecule has 19 heavy (non-hydrogen) atoms. The second-order valence-electron chi connectivity index (χ2n) is 5.57. The molecule has 1 aliphatic rings. The number of fused-ring (bicyclic) bond motifs is 1. The zero-order chi connectivity index (χ0) is 13.3. The van der Waals surface area contributed by atoms with Crippen molar-refractivity contribution >= 4 is 33.5 Å². The van der Waals surface area contributed by atoms with Crippen LogP contribution in [0.3, 0.4) is 0 Å². The summed E-state index contributed by atoms with van der Waals surface area (Å²) < 4.78 is 0. The van der Waals surface area contributed by atoms with Crippen LogP contribution in [0.15, 0.2) is 41.5 Å². The van der Waals surface area contributed by atoms with Gasteiger partial charge in [0.2, 0.25) is 0 Å². The highest BCUT2D eigenvalue weighted by molar-refractivity contribution is 8.14. The van der Waals surface area contributed by atoms with E-state index in [-0.39, 0.29) is 0 Å². The summed E-state index contributed by atoms with van der Waals surface area (Å²) in [6.45, 7) is 5.38. The van der Waals surface area contributed by atoms with Crippen molar-refractivity contribution in [3.8, 4) is 0 Å². The molecule has 0 spiro atoms. The molecule has 3 rings (SSSR count). The van der Waals surface area contributed by atoms with Gasteiger partial charge in [0.1, 0.15) is 0 Å². The van der Waals surface area contributed by atoms with E-state index in [1.807, 2.05) is 24.4 Å². The molecule has 0 fully saturated rings. The molecular formula is C15H17N3S. The van der Waals surface area contributed by atoms with Crippen molar-refractivity contribution in [1.29, 1.82) is 0 Å². The van der Waals surface area contributed by atoms with Gasteiger partial charge in [-0.2, -0.15) is 0 Å². The van der Waals surface area contributed by atoms with Gasteiger partial charge in [-0.25, -0.2) is 0 Å². The number of nitrogens with zero attached hydrogens (tertiary/aromatic N) is 2. The molecule has 0 radical (unpaired) electrons. The molecule has 3 nitrogen and oxygen atoms in total. The number of amidine groups is 1. The van der Waals surface area contributed by atoms with Gasteiger partial charge < -0.3 is 5.32 Å². The van der Waals surface area contributed by atoms with Gasteiger partial charge in [0.05, 0.1) is 5.52 Å². The molecule has 0 bridgehead atoms. The molecule has 1 N–H and O–H groups in total. The summed E-state index contributed by atoms with van der Waals surface area (Å²) in [6.07, 6.45) is 1.82. The smallest absolute Gasteiger partial charge is 0.161 e. The minimum atomic E-state index is 0.302. The Bertz CT molecular complexity index is 629. The molecule has 0 saturated carbocycles. The van der Waals surface area contributed by atoms with Gasteiger partial charge in [-0.3, -0.25) is 9.98 Å². The molecule has 0 unspecified atom stereocenters. The Balaban J connectivity index is 1.88. The fraction of sp³-hybridized carbons (Fsp3) is 0.333. The first kappa shape index (κ1) is 12.5. The molecule has 4 heteroatoms. The molecule has 2 heterocycles. The Labute approximate surface area is 117 Å². The van der Waals surface area contributed by atoms with Crippen molar-refractivity contribution in [1.82, 2.24) is 4.98 Å². The predicted octanol–water partition coefficient (Wildman–Crippen LogP) is 3.78. The van der Waals surface area contributed by atoms with E-state index in [2.05, 4.69) is 41.3 Å². The summed E-state index contributed by atoms with van der Waals surface area (Å²) in [7, 11) is 0. The maximum Gasteiger partial charge on any atom is 0.161 e. The molecule has 98 valence electrons. The Kier molecular flexibility index (Phi) is 3.19. The van der Waals surface area contributed by atoms with Crippen LogP contribution in [0.25, 0.3) is 10.9 Å². The van der Waals surface area contributed by atoms with Gasteiger partial charge in [0, 0.05) is 29.6 Å². The van der Waals surface area contributed by atoms with E-state index in [1.54, 1.807) is 11.8 Å². The molecular weight excluding hydrogens is 254 g/mol. The van der Waals surface area contributed by atoms with Crippen LogP contribution in [-0.4, -0.2) is 22.4 Å². The van der Waals surface area contributed by atoms with Crippen molar-refractivity contribution in [2.45, 2.75) is 13.8 Å². The minimum absolute atomic E-state index is 0.302. The average molecular weight is 271 g/mol. The van der Waals surface area contributed by atoms with Crippen LogP contribution in [0.2, 0.25) is 0 Å². The van der Waals surface area contributed by atoms with Crippen LogP contribution in [0.4, 0.5) is 5.69 Å². The Morgan fingerprint density at radius 1 is 1.21 bits per heavy atom. The second kappa shape index (κ2) is 4.85. The van der Waals surface area contributed by atoms with Crippen LogP contribution in [0.1, 0.15) is 13.8 Å². The van der Waals surface area contributed by atoms with Crippen molar-refractivity contribution in [3.63, 3.8) is 0 Å². The van der Waals surface area contributed by atoms with Crippen molar-refractivity contribution in [3.05, 3.63) is 36.5 Å². The number of anilines is 1. The molecule has 0 aliphatic carbocycles. The SMILES string of the molecule is CC1(C)CN=C(Nc2cccc3ncccc23)SC1. The first-order chi connectivity index (χ1) is 9.14. The lowest BCUT2D eigenvalue weighted by molar-refractivity contribution is 0.438. The molecule has 2 aromatic rings. The zero-order valence-electron chi connectivity index (χ0n) is 11.2. The molecule has 0 saturated heterocycles. The first-order valence-corrected chi connectivity index (χ1v) is 7.41. The topological polar surface area (TPSA) is 37.3 Å². The van der Waals surface area contributed by atoms with Gasteiger partial charge in [-0.1, -0.05) is 31.7 Å². The molecule has 1 aliphatic heterocycles. The third-order valence-electron chi connectivity index (χ3n) is 3.14. The fourth-order valence-electron chi connectivity index (χ4n) is 2.04. The Hall–Kier alpha value is -1.55. The van der Waals surface area contributed by atoms with E-state index in [4.69, 9.17) is 0 Å². The van der Waals surface area contributed by atoms with E-state index in [0.717, 1.165) is 34.1 Å². The second-order valence-corrected chi connectivity index (χ2v) is 6.54. The predicted molar refractivity (Wildman–Crippen MR) is 83.9 cm³/mol. The number of hydrogen-bond donors (Lipinski definition) is 1. The maximum atomic E-state index is 4.63. The maximum absolute atomic E-state index is 4.63. The summed E-state index contributed by atoms with van der Waals surface area (Å²) in [4.78, 5) is 9.00. The monoisotopic (exact) mass is 271 g/mol. The Morgan fingerprint density at radius 3 is 2.89 bits per heavy atom. The summed E-state index contributed by atoms with van der Waals surface area (Å²) in [6, 6.07) is 10.2. The van der Waals surface area contributed by atoms with Gasteiger partial charge >= 0.3 is 0 Å². The molecule has 0 amide bonds. The first-order valence-electron chi connectivity index (χ1n) is 6.42. The number of thioether (sulfide) groups is 1. The average Bonchev–Trinajstić information content (AvgIpc) is 2.42. The van der Waals surface area contributed by atoms with E-state index >= 15 is 0 Å². The van der Waals surface area contributed by atoms with Crippen LogP contribution < -0.4 is 5.32 Å². The van der Waals surface area contributed by atoms with Crippen molar-refractivity contribution < 1.29 is 0 Å². The molecule has 0 atom stereocenters. The van der Waals surface area contributed by atoms with Crippen molar-refractivity contribution in [2.75, 3.05) is 17.6 Å². The summed E-state index contributed by atoms with van der Waals surface area (Å²) >= 11 is 1.79. The number of pyridine rings is 1. The lowest BCUT2D eigenvalue weighted by Gasteiger charge is -2.27. The largest absolute Gasteiger partial charge is 0.334 e. The highest BCUT2D eigenvalue weighted by Crippen LogP contribution is 2.29. The van der Waals surface area contributed by atoms with E-state index in [9.17, 15) is 0 Å². The number of nitrogens with one attached hydrogen (secondary N) is 1. The number of benzene rings is 1. The lowest BCUT2D eigenvalue weighted by atomic mass is 9.97. The lowest BCUT2D eigenvalue weighted by Crippen LogP contribution is -2.27.